The summed E-state index contributed by atoms with van der Waals surface area (Å²) in [5, 5.41) is 6.62. The molecule has 19 heteroatoms. The zero-order valence-electron chi connectivity index (χ0n) is 44.6. The fraction of sp³-hybridized carbons (Fsp3) is 0.417. The summed E-state index contributed by atoms with van der Waals surface area (Å²) in [4.78, 5) is 76.3. The second kappa shape index (κ2) is 21.2. The van der Waals surface area contributed by atoms with Crippen molar-refractivity contribution >= 4 is 67.2 Å². The SMILES string of the molecule is CC1(C)O[C@H]2CN3[C@H](CN4C(=O)c5ccccc5C4=O)[C@H](c4ccc(Br)cc4)[C@@H]3CNC[C@H]2O1.COc1ccc(NC(=O)N2C[C@H]3OC(C)(C)O[C@H]3CN3[C@H](CN4C(=O)c5ccccc5C4=O)[C@H](c4ccc(Br)cc4)[C@@H]3C2)cc1. The number of carbonyl (C=O) groups is 5. The minimum atomic E-state index is -0.818. The maximum Gasteiger partial charge on any atom is 0.321 e. The summed E-state index contributed by atoms with van der Waals surface area (Å²) in [5.41, 5.74) is 4.80. The molecule has 5 aromatic carbocycles. The number of imide groups is 2. The number of carbonyl (C=O) groups excluding carboxylic acids is 5. The maximum atomic E-state index is 13.8. The third-order valence-electron chi connectivity index (χ3n) is 16.9. The summed E-state index contributed by atoms with van der Waals surface area (Å²) in [6.45, 7) is 11.8. The molecule has 6 saturated heterocycles. The number of methoxy groups -OCH3 is 1. The Hall–Kier alpha value is -5.87. The average molecular weight is 1200 g/mol. The lowest BCUT2D eigenvalue weighted by Gasteiger charge is -2.58. The van der Waals surface area contributed by atoms with Gasteiger partial charge in [-0.05, 0) is 112 Å². The fourth-order valence-electron chi connectivity index (χ4n) is 13.3. The van der Waals surface area contributed by atoms with Crippen LogP contribution in [0.25, 0.3) is 0 Å². The van der Waals surface area contributed by atoms with Gasteiger partial charge in [0.15, 0.2) is 11.6 Å². The Bertz CT molecular complexity index is 3110. The summed E-state index contributed by atoms with van der Waals surface area (Å²) in [6, 6.07) is 37.5. The molecule has 13 rings (SSSR count). The number of nitrogens with zero attached hydrogens (tertiary/aromatic N) is 5. The van der Waals surface area contributed by atoms with E-state index in [1.165, 1.54) is 15.4 Å². The van der Waals surface area contributed by atoms with Crippen molar-refractivity contribution in [2.45, 2.75) is 99.7 Å². The smallest absolute Gasteiger partial charge is 0.321 e. The van der Waals surface area contributed by atoms with Crippen LogP contribution < -0.4 is 15.4 Å². The number of ether oxygens (including phenoxy) is 5. The summed E-state index contributed by atoms with van der Waals surface area (Å²) >= 11 is 7.08. The lowest BCUT2D eigenvalue weighted by Crippen LogP contribution is -2.72. The molecule has 8 aliphatic heterocycles. The Balaban J connectivity index is 0.000000164. The number of amides is 6. The molecule has 6 amide bonds. The number of benzene rings is 5. The lowest BCUT2D eigenvalue weighted by atomic mass is 9.73. The van der Waals surface area contributed by atoms with Crippen LogP contribution in [0.4, 0.5) is 10.5 Å². The number of anilines is 1. The summed E-state index contributed by atoms with van der Waals surface area (Å²) in [6.07, 6.45) is -0.757. The first-order valence-electron chi connectivity index (χ1n) is 27.0. The lowest BCUT2D eigenvalue weighted by molar-refractivity contribution is -0.150. The van der Waals surface area contributed by atoms with E-state index in [1.807, 2.05) is 39.8 Å². The molecule has 0 saturated carbocycles. The quantitative estimate of drug-likeness (QED) is 0.144. The topological polar surface area (TPSA) is 172 Å². The van der Waals surface area contributed by atoms with Crippen molar-refractivity contribution in [1.29, 1.82) is 0 Å². The molecule has 0 radical (unpaired) electrons. The molecule has 79 heavy (non-hydrogen) atoms. The third kappa shape index (κ3) is 10.2. The molecule has 0 bridgehead atoms. The van der Waals surface area contributed by atoms with Crippen LogP contribution in [0.3, 0.4) is 0 Å². The van der Waals surface area contributed by atoms with Crippen molar-refractivity contribution in [3.8, 4) is 5.75 Å². The monoisotopic (exact) mass is 1200 g/mol. The van der Waals surface area contributed by atoms with Gasteiger partial charge in [0.2, 0.25) is 0 Å². The van der Waals surface area contributed by atoms with Gasteiger partial charge in [-0.3, -0.25) is 38.8 Å². The number of urea groups is 1. The summed E-state index contributed by atoms with van der Waals surface area (Å²) in [7, 11) is 1.60. The number of hydrogen-bond donors (Lipinski definition) is 2. The van der Waals surface area contributed by atoms with Gasteiger partial charge in [-0.25, -0.2) is 4.79 Å². The predicted molar refractivity (Wildman–Crippen MR) is 300 cm³/mol. The molecule has 0 aliphatic carbocycles. The van der Waals surface area contributed by atoms with Crippen LogP contribution in [-0.2, 0) is 18.9 Å². The summed E-state index contributed by atoms with van der Waals surface area (Å²) in [5.74, 6) is -1.56. The Morgan fingerprint density at radius 2 is 0.975 bits per heavy atom. The first kappa shape index (κ1) is 53.8. The van der Waals surface area contributed by atoms with E-state index in [9.17, 15) is 24.0 Å². The average Bonchev–Trinajstić information content (AvgIpc) is 4.29. The predicted octanol–water partition coefficient (Wildman–Crippen LogP) is 7.96. The van der Waals surface area contributed by atoms with Crippen molar-refractivity contribution in [3.63, 3.8) is 0 Å². The number of rotatable bonds is 8. The highest BCUT2D eigenvalue weighted by Gasteiger charge is 2.58. The zero-order chi connectivity index (χ0) is 55.1. The van der Waals surface area contributed by atoms with E-state index in [-0.39, 0.29) is 96.6 Å². The van der Waals surface area contributed by atoms with Crippen LogP contribution in [-0.4, -0.2) is 174 Å². The standard InChI is InChI=1S/C34H35BrN4O6.C26H28BrN3O4/c1-34(2)44-28-18-37(33(42)36-22-12-14-23(43-3)15-13-22)16-26-30(20-8-10-21(35)11-9-20)27(38(26)19-29(28)45-34)17-39-31(40)24-6-4-5-7-25(24)32(39)41;1-26(2)33-21-12-28-11-19-23(15-7-9-16(27)10-8-15)20(29(19)14-22(21)34-26)13-30-24(31)17-5-3-4-6-18(17)25(30)32/h4-15,26-30H,16-19H2,1-3H3,(H,36,42);3-10,19-23,28H,11-14H2,1-2H3/t26-,27+,28+,29-,30+;19-,20+,21+,22-,23+/m00/s1. The summed E-state index contributed by atoms with van der Waals surface area (Å²) < 4.78 is 32.3. The molecule has 0 spiro atoms. The Kier molecular flexibility index (Phi) is 14.4. The molecule has 5 aromatic rings. The molecule has 2 N–H and O–H groups in total. The largest absolute Gasteiger partial charge is 0.497 e. The van der Waals surface area contributed by atoms with Crippen molar-refractivity contribution in [2.75, 3.05) is 64.8 Å². The van der Waals surface area contributed by atoms with Crippen molar-refractivity contribution in [2.24, 2.45) is 0 Å². The van der Waals surface area contributed by atoms with Gasteiger partial charge in [-0.2, -0.15) is 0 Å². The number of halogens is 2. The molecular formula is C60H63Br2N7O10. The van der Waals surface area contributed by atoms with Gasteiger partial charge in [-0.15, -0.1) is 0 Å². The Morgan fingerprint density at radius 3 is 1.44 bits per heavy atom. The van der Waals surface area contributed by atoms with Gasteiger partial charge in [0.05, 0.1) is 35.9 Å². The highest BCUT2D eigenvalue weighted by Crippen LogP contribution is 2.47. The Labute approximate surface area is 476 Å². The molecule has 0 unspecified atom stereocenters. The highest BCUT2D eigenvalue weighted by molar-refractivity contribution is 9.10. The number of nitrogens with one attached hydrogen (secondary N) is 2. The van der Waals surface area contributed by atoms with Crippen LogP contribution in [0.15, 0.2) is 130 Å². The Morgan fingerprint density at radius 1 is 0.557 bits per heavy atom. The van der Waals surface area contributed by atoms with Gasteiger partial charge in [0, 0.05) is 96.4 Å². The highest BCUT2D eigenvalue weighted by atomic mass is 79.9. The molecule has 0 aromatic heterocycles. The van der Waals surface area contributed by atoms with E-state index in [1.54, 1.807) is 84.8 Å². The fourth-order valence-corrected chi connectivity index (χ4v) is 13.8. The molecule has 17 nitrogen and oxygen atoms in total. The molecule has 412 valence electrons. The van der Waals surface area contributed by atoms with Gasteiger partial charge < -0.3 is 39.2 Å². The van der Waals surface area contributed by atoms with Crippen LogP contribution in [0.5, 0.6) is 5.75 Å². The van der Waals surface area contributed by atoms with Gasteiger partial charge in [0.25, 0.3) is 23.6 Å². The first-order valence-corrected chi connectivity index (χ1v) is 28.6. The van der Waals surface area contributed by atoms with E-state index >= 15 is 0 Å². The van der Waals surface area contributed by atoms with E-state index in [2.05, 4.69) is 88.7 Å². The molecule has 8 aliphatic rings. The number of fused-ring (bicyclic) bond motifs is 6. The van der Waals surface area contributed by atoms with Crippen LogP contribution in [0.2, 0.25) is 0 Å². The van der Waals surface area contributed by atoms with E-state index in [4.69, 9.17) is 23.7 Å². The molecule has 6 fully saturated rings. The third-order valence-corrected chi connectivity index (χ3v) is 17.9. The van der Waals surface area contributed by atoms with Gasteiger partial charge in [-0.1, -0.05) is 80.4 Å². The minimum absolute atomic E-state index is 0.00116. The van der Waals surface area contributed by atoms with Crippen molar-refractivity contribution in [1.82, 2.24) is 29.8 Å². The zero-order valence-corrected chi connectivity index (χ0v) is 47.7. The van der Waals surface area contributed by atoms with Crippen LogP contribution in [0, 0.1) is 0 Å². The van der Waals surface area contributed by atoms with Crippen molar-refractivity contribution in [3.05, 3.63) is 164 Å². The van der Waals surface area contributed by atoms with Crippen LogP contribution in [0.1, 0.15) is 92.1 Å². The first-order chi connectivity index (χ1) is 37.9. The minimum Gasteiger partial charge on any atom is -0.497 e. The normalized spacial score (nSPS) is 29.4. The van der Waals surface area contributed by atoms with Gasteiger partial charge >= 0.3 is 6.03 Å². The van der Waals surface area contributed by atoms with Crippen molar-refractivity contribution < 1.29 is 47.7 Å². The number of hydrogen-bond acceptors (Lipinski definition) is 13. The van der Waals surface area contributed by atoms with E-state index < -0.39 is 11.6 Å². The maximum absolute atomic E-state index is 13.8. The van der Waals surface area contributed by atoms with Crippen LogP contribution >= 0.6 is 31.9 Å². The van der Waals surface area contributed by atoms with E-state index in [0.29, 0.717) is 66.4 Å². The molecule has 8 heterocycles. The van der Waals surface area contributed by atoms with E-state index in [0.717, 1.165) is 27.6 Å². The second-order valence-corrected chi connectivity index (χ2v) is 24.3. The van der Waals surface area contributed by atoms with Gasteiger partial charge in [0.1, 0.15) is 30.2 Å². The molecule has 10 atom stereocenters. The second-order valence-electron chi connectivity index (χ2n) is 22.5. The molecular weight excluding hydrogens is 1140 g/mol.